The van der Waals surface area contributed by atoms with Crippen LogP contribution in [0, 0.1) is 0 Å². The topological polar surface area (TPSA) is 86.5 Å². The lowest BCUT2D eigenvalue weighted by Gasteiger charge is -2.05. The standard InChI is InChI=1S/C19H12F3N3O4/c20-19(21,22)13-5-3-12(4-6-13)17-24-25-18(29-17)23-16(26)8-2-11-1-7-14-15(9-11)28-10-27-14/h1-9H,10H2,(H,23,25,26). The van der Waals surface area contributed by atoms with E-state index < -0.39 is 17.6 Å². The van der Waals surface area contributed by atoms with Crippen LogP contribution >= 0.6 is 0 Å². The van der Waals surface area contributed by atoms with Gasteiger partial charge in [-0.15, -0.1) is 5.10 Å². The van der Waals surface area contributed by atoms with Gasteiger partial charge in [0, 0.05) is 11.6 Å². The van der Waals surface area contributed by atoms with Crippen LogP contribution in [0.1, 0.15) is 11.1 Å². The summed E-state index contributed by atoms with van der Waals surface area (Å²) in [5.41, 5.74) is 0.227. The van der Waals surface area contributed by atoms with Crippen LogP contribution in [0.3, 0.4) is 0 Å². The number of hydrogen-bond acceptors (Lipinski definition) is 6. The van der Waals surface area contributed by atoms with Crippen molar-refractivity contribution < 1.29 is 31.9 Å². The van der Waals surface area contributed by atoms with Gasteiger partial charge in [0.2, 0.25) is 12.7 Å². The van der Waals surface area contributed by atoms with Gasteiger partial charge in [0.25, 0.3) is 5.91 Å². The average molecular weight is 403 g/mol. The maximum absolute atomic E-state index is 12.6. The highest BCUT2D eigenvalue weighted by Crippen LogP contribution is 2.33. The zero-order chi connectivity index (χ0) is 20.4. The summed E-state index contributed by atoms with van der Waals surface area (Å²) in [6, 6.07) is 9.27. The molecule has 7 nitrogen and oxygen atoms in total. The van der Waals surface area contributed by atoms with E-state index in [0.29, 0.717) is 17.1 Å². The summed E-state index contributed by atoms with van der Waals surface area (Å²) in [7, 11) is 0. The number of alkyl halides is 3. The molecule has 2 heterocycles. The van der Waals surface area contributed by atoms with E-state index in [1.54, 1.807) is 24.3 Å². The number of carbonyl (C=O) groups excluding carboxylic acids is 1. The average Bonchev–Trinajstić information content (AvgIpc) is 3.34. The first-order valence-corrected chi connectivity index (χ1v) is 8.28. The largest absolute Gasteiger partial charge is 0.454 e. The summed E-state index contributed by atoms with van der Waals surface area (Å²) >= 11 is 0. The van der Waals surface area contributed by atoms with Gasteiger partial charge >= 0.3 is 12.2 Å². The Kier molecular flexibility index (Phi) is 4.67. The molecular weight excluding hydrogens is 391 g/mol. The number of anilines is 1. The molecule has 0 saturated carbocycles. The molecule has 10 heteroatoms. The zero-order valence-corrected chi connectivity index (χ0v) is 14.6. The van der Waals surface area contributed by atoms with Gasteiger partial charge in [0.1, 0.15) is 0 Å². The Labute approximate surface area is 161 Å². The molecule has 1 N–H and O–H groups in total. The first-order chi connectivity index (χ1) is 13.9. The second-order valence-electron chi connectivity index (χ2n) is 5.92. The quantitative estimate of drug-likeness (QED) is 0.659. The summed E-state index contributed by atoms with van der Waals surface area (Å²) < 4.78 is 53.6. The van der Waals surface area contributed by atoms with Crippen molar-refractivity contribution in [3.8, 4) is 23.0 Å². The summed E-state index contributed by atoms with van der Waals surface area (Å²) in [4.78, 5) is 12.0. The van der Waals surface area contributed by atoms with Crippen molar-refractivity contribution in [2.24, 2.45) is 0 Å². The molecule has 1 aromatic heterocycles. The molecule has 0 atom stereocenters. The number of nitrogens with zero attached hydrogens (tertiary/aromatic N) is 2. The summed E-state index contributed by atoms with van der Waals surface area (Å²) in [5.74, 6) is 0.679. The van der Waals surface area contributed by atoms with Crippen LogP contribution in [0.5, 0.6) is 11.5 Å². The minimum Gasteiger partial charge on any atom is -0.454 e. The Balaban J connectivity index is 1.40. The van der Waals surface area contributed by atoms with Crippen LogP contribution in [0.15, 0.2) is 53.0 Å². The fourth-order valence-electron chi connectivity index (χ4n) is 2.53. The molecule has 0 aliphatic carbocycles. The first-order valence-electron chi connectivity index (χ1n) is 8.28. The molecule has 0 spiro atoms. The minimum atomic E-state index is -4.43. The van der Waals surface area contributed by atoms with E-state index in [9.17, 15) is 18.0 Å². The number of amides is 1. The van der Waals surface area contributed by atoms with Crippen LogP contribution < -0.4 is 14.8 Å². The normalized spacial score (nSPS) is 13.1. The van der Waals surface area contributed by atoms with Gasteiger partial charge < -0.3 is 13.9 Å². The van der Waals surface area contributed by atoms with Gasteiger partial charge in [-0.05, 0) is 48.0 Å². The number of halogens is 3. The van der Waals surface area contributed by atoms with Crippen molar-refractivity contribution in [2.75, 3.05) is 12.1 Å². The number of rotatable bonds is 4. The molecule has 29 heavy (non-hydrogen) atoms. The molecule has 0 bridgehead atoms. The maximum atomic E-state index is 12.6. The number of nitrogens with one attached hydrogen (secondary N) is 1. The van der Waals surface area contributed by atoms with Crippen molar-refractivity contribution in [3.63, 3.8) is 0 Å². The summed E-state index contributed by atoms with van der Waals surface area (Å²) in [6.07, 6.45) is -1.61. The third-order valence-corrected chi connectivity index (χ3v) is 3.94. The molecule has 1 aliphatic heterocycles. The van der Waals surface area contributed by atoms with E-state index in [-0.39, 0.29) is 18.7 Å². The highest BCUT2D eigenvalue weighted by atomic mass is 19.4. The number of ether oxygens (including phenoxy) is 2. The smallest absolute Gasteiger partial charge is 0.416 e. The number of carbonyl (C=O) groups is 1. The van der Waals surface area contributed by atoms with Crippen LogP contribution in [0.2, 0.25) is 0 Å². The monoisotopic (exact) mass is 403 g/mol. The fourth-order valence-corrected chi connectivity index (χ4v) is 2.53. The third kappa shape index (κ3) is 4.21. The lowest BCUT2D eigenvalue weighted by molar-refractivity contribution is -0.137. The minimum absolute atomic E-state index is 0.0197. The van der Waals surface area contributed by atoms with Crippen molar-refractivity contribution in [3.05, 3.63) is 59.7 Å². The third-order valence-electron chi connectivity index (χ3n) is 3.94. The van der Waals surface area contributed by atoms with Gasteiger partial charge in [-0.1, -0.05) is 11.2 Å². The lowest BCUT2D eigenvalue weighted by Crippen LogP contribution is -2.07. The molecular formula is C19H12F3N3O4. The van der Waals surface area contributed by atoms with Gasteiger partial charge in [-0.25, -0.2) is 0 Å². The van der Waals surface area contributed by atoms with E-state index in [2.05, 4.69) is 15.5 Å². The molecule has 4 rings (SSSR count). The number of benzene rings is 2. The van der Waals surface area contributed by atoms with Crippen LogP contribution in [0.4, 0.5) is 19.2 Å². The Hall–Kier alpha value is -3.82. The Bertz CT molecular complexity index is 1080. The molecule has 2 aromatic carbocycles. The van der Waals surface area contributed by atoms with E-state index in [1.165, 1.54) is 18.2 Å². The number of aromatic nitrogens is 2. The Morgan fingerprint density at radius 3 is 2.55 bits per heavy atom. The first kappa shape index (κ1) is 18.5. The van der Waals surface area contributed by atoms with Crippen molar-refractivity contribution in [2.45, 2.75) is 6.18 Å². The predicted octanol–water partition coefficient (Wildman–Crippen LogP) is 4.14. The Morgan fingerprint density at radius 1 is 1.03 bits per heavy atom. The molecule has 148 valence electrons. The van der Waals surface area contributed by atoms with E-state index in [0.717, 1.165) is 17.7 Å². The summed E-state index contributed by atoms with van der Waals surface area (Å²) in [6.45, 7) is 0.154. The summed E-state index contributed by atoms with van der Waals surface area (Å²) in [5, 5.41) is 9.77. The molecule has 0 saturated heterocycles. The Morgan fingerprint density at radius 2 is 1.79 bits per heavy atom. The predicted molar refractivity (Wildman–Crippen MR) is 95.0 cm³/mol. The van der Waals surface area contributed by atoms with Crippen LogP contribution in [-0.4, -0.2) is 22.9 Å². The van der Waals surface area contributed by atoms with Gasteiger partial charge in [-0.3, -0.25) is 10.1 Å². The van der Waals surface area contributed by atoms with Crippen molar-refractivity contribution >= 4 is 18.0 Å². The van der Waals surface area contributed by atoms with Crippen molar-refractivity contribution in [1.29, 1.82) is 0 Å². The molecule has 3 aromatic rings. The van der Waals surface area contributed by atoms with E-state index >= 15 is 0 Å². The zero-order valence-electron chi connectivity index (χ0n) is 14.6. The van der Waals surface area contributed by atoms with Crippen LogP contribution in [-0.2, 0) is 11.0 Å². The highest BCUT2D eigenvalue weighted by Gasteiger charge is 2.30. The highest BCUT2D eigenvalue weighted by molar-refractivity contribution is 6.00. The second kappa shape index (κ2) is 7.30. The second-order valence-corrected chi connectivity index (χ2v) is 5.92. The molecule has 0 radical (unpaired) electrons. The van der Waals surface area contributed by atoms with Crippen LogP contribution in [0.25, 0.3) is 17.5 Å². The molecule has 0 unspecified atom stereocenters. The SMILES string of the molecule is O=C(C=Cc1ccc2c(c1)OCO2)Nc1nnc(-c2ccc(C(F)(F)F)cc2)o1. The molecule has 1 amide bonds. The number of fused-ring (bicyclic) bond motifs is 1. The lowest BCUT2D eigenvalue weighted by atomic mass is 10.1. The van der Waals surface area contributed by atoms with Crippen molar-refractivity contribution in [1.82, 2.24) is 10.2 Å². The number of hydrogen-bond donors (Lipinski definition) is 1. The van der Waals surface area contributed by atoms with Gasteiger partial charge in [-0.2, -0.15) is 13.2 Å². The van der Waals surface area contributed by atoms with Gasteiger partial charge in [0.15, 0.2) is 11.5 Å². The molecule has 0 fully saturated rings. The maximum Gasteiger partial charge on any atom is 0.416 e. The van der Waals surface area contributed by atoms with E-state index in [1.807, 2.05) is 0 Å². The fraction of sp³-hybridized carbons (Fsp3) is 0.105. The molecule has 1 aliphatic rings. The van der Waals surface area contributed by atoms with Gasteiger partial charge in [0.05, 0.1) is 5.56 Å². The van der Waals surface area contributed by atoms with E-state index in [4.69, 9.17) is 13.9 Å².